The number of thiophene rings is 1. The van der Waals surface area contributed by atoms with Crippen molar-refractivity contribution in [3.8, 4) is 0 Å². The molecule has 0 saturated carbocycles. The number of nitrogens with zero attached hydrogens (tertiary/aromatic N) is 1. The minimum atomic E-state index is -0.990. The summed E-state index contributed by atoms with van der Waals surface area (Å²) in [5.41, 5.74) is 2.89. The largest absolute Gasteiger partial charge is 0.478 e. The van der Waals surface area contributed by atoms with Crippen molar-refractivity contribution in [1.82, 2.24) is 0 Å². The van der Waals surface area contributed by atoms with Crippen LogP contribution in [0.3, 0.4) is 0 Å². The van der Waals surface area contributed by atoms with E-state index < -0.39 is 5.97 Å². The summed E-state index contributed by atoms with van der Waals surface area (Å²) in [4.78, 5) is 12.6. The van der Waals surface area contributed by atoms with Crippen molar-refractivity contribution >= 4 is 56.6 Å². The number of hydrogen-bond donors (Lipinski definition) is 1. The number of carboxylic acid groups (broad SMARTS) is 1. The van der Waals surface area contributed by atoms with Gasteiger partial charge in [0.05, 0.1) is 3.79 Å². The Morgan fingerprint density at radius 2 is 2.24 bits per heavy atom. The topological polar surface area (TPSA) is 40.5 Å². The van der Waals surface area contributed by atoms with Gasteiger partial charge in [0.15, 0.2) is 0 Å². The van der Waals surface area contributed by atoms with E-state index in [4.69, 9.17) is 16.7 Å². The lowest BCUT2D eigenvalue weighted by molar-refractivity contribution is -0.131. The minimum Gasteiger partial charge on any atom is -0.478 e. The molecule has 0 unspecified atom stereocenters. The fourth-order valence-electron chi connectivity index (χ4n) is 1.84. The van der Waals surface area contributed by atoms with Crippen LogP contribution in [0.1, 0.15) is 11.1 Å². The van der Waals surface area contributed by atoms with Crippen molar-refractivity contribution in [1.29, 1.82) is 0 Å². The summed E-state index contributed by atoms with van der Waals surface area (Å²) in [5, 5.41) is 11.3. The fourth-order valence-corrected chi connectivity index (χ4v) is 3.28. The SMILES string of the molecule is CN(Cc1csc(Br)c1)c1ccc(/C=C/C(=O)O)c(Cl)c1. The quantitative estimate of drug-likeness (QED) is 0.743. The highest BCUT2D eigenvalue weighted by atomic mass is 79.9. The minimum absolute atomic E-state index is 0.531. The van der Waals surface area contributed by atoms with Crippen LogP contribution >= 0.6 is 38.9 Å². The third kappa shape index (κ3) is 4.59. The number of halogens is 2. The van der Waals surface area contributed by atoms with Gasteiger partial charge < -0.3 is 10.0 Å². The summed E-state index contributed by atoms with van der Waals surface area (Å²) >= 11 is 11.3. The third-order valence-electron chi connectivity index (χ3n) is 2.87. The van der Waals surface area contributed by atoms with Crippen molar-refractivity contribution in [2.45, 2.75) is 6.54 Å². The molecule has 1 N–H and O–H groups in total. The zero-order valence-electron chi connectivity index (χ0n) is 11.2. The Bertz CT molecular complexity index is 684. The van der Waals surface area contributed by atoms with Crippen molar-refractivity contribution in [3.63, 3.8) is 0 Å². The van der Waals surface area contributed by atoms with Crippen molar-refractivity contribution in [2.75, 3.05) is 11.9 Å². The third-order valence-corrected chi connectivity index (χ3v) is 4.75. The normalized spacial score (nSPS) is 11.0. The van der Waals surface area contributed by atoms with Gasteiger partial charge in [-0.25, -0.2) is 4.79 Å². The Morgan fingerprint density at radius 1 is 1.48 bits per heavy atom. The fraction of sp³-hybridized carbons (Fsp3) is 0.133. The molecule has 2 aromatic rings. The highest BCUT2D eigenvalue weighted by molar-refractivity contribution is 9.11. The molecular formula is C15H13BrClNO2S. The molecule has 0 aliphatic rings. The molecule has 0 radical (unpaired) electrons. The number of carbonyl (C=O) groups is 1. The van der Waals surface area contributed by atoms with Gasteiger partial charge in [-0.1, -0.05) is 17.7 Å². The maximum absolute atomic E-state index is 10.5. The molecule has 1 heterocycles. The van der Waals surface area contributed by atoms with Gasteiger partial charge in [-0.15, -0.1) is 11.3 Å². The van der Waals surface area contributed by atoms with Crippen molar-refractivity contribution < 1.29 is 9.90 Å². The molecule has 0 spiro atoms. The second-order valence-electron chi connectivity index (χ2n) is 4.49. The number of rotatable bonds is 5. The molecule has 1 aromatic carbocycles. The summed E-state index contributed by atoms with van der Waals surface area (Å²) < 4.78 is 1.11. The molecule has 0 atom stereocenters. The monoisotopic (exact) mass is 385 g/mol. The number of carboxylic acids is 1. The maximum atomic E-state index is 10.5. The van der Waals surface area contributed by atoms with Crippen LogP contribution in [-0.2, 0) is 11.3 Å². The van der Waals surface area contributed by atoms with Crippen LogP contribution in [0.5, 0.6) is 0 Å². The summed E-state index contributed by atoms with van der Waals surface area (Å²) in [7, 11) is 1.99. The zero-order chi connectivity index (χ0) is 15.4. The first-order valence-electron chi connectivity index (χ1n) is 6.10. The molecule has 110 valence electrons. The Morgan fingerprint density at radius 3 is 2.81 bits per heavy atom. The van der Waals surface area contributed by atoms with Gasteiger partial charge in [0.1, 0.15) is 0 Å². The Labute approximate surface area is 140 Å². The lowest BCUT2D eigenvalue weighted by Crippen LogP contribution is -2.15. The average molecular weight is 387 g/mol. The van der Waals surface area contributed by atoms with Crippen LogP contribution in [0.15, 0.2) is 39.5 Å². The van der Waals surface area contributed by atoms with Gasteiger partial charge in [0.2, 0.25) is 0 Å². The summed E-state index contributed by atoms with van der Waals surface area (Å²) in [6, 6.07) is 7.67. The van der Waals surface area contributed by atoms with Gasteiger partial charge in [0, 0.05) is 30.4 Å². The highest BCUT2D eigenvalue weighted by Crippen LogP contribution is 2.27. The molecule has 0 fully saturated rings. The molecule has 6 heteroatoms. The van der Waals surface area contributed by atoms with E-state index in [-0.39, 0.29) is 0 Å². The van der Waals surface area contributed by atoms with Gasteiger partial charge in [-0.2, -0.15) is 0 Å². The van der Waals surface area contributed by atoms with Crippen molar-refractivity contribution in [3.05, 3.63) is 55.7 Å². The Hall–Kier alpha value is -1.30. The molecule has 0 aliphatic carbocycles. The standard InChI is InChI=1S/C15H13BrClNO2S/c1-18(8-10-6-14(16)21-9-10)12-4-2-11(13(17)7-12)3-5-15(19)20/h2-7,9H,8H2,1H3,(H,19,20)/b5-3+. The number of aliphatic carboxylic acids is 1. The molecule has 0 saturated heterocycles. The first-order chi connectivity index (χ1) is 9.95. The van der Waals surface area contributed by atoms with Gasteiger partial charge in [0.25, 0.3) is 0 Å². The van der Waals surface area contributed by atoms with Gasteiger partial charge in [-0.05, 0) is 56.7 Å². The molecule has 21 heavy (non-hydrogen) atoms. The van der Waals surface area contributed by atoms with Crippen LogP contribution < -0.4 is 4.90 Å². The van der Waals surface area contributed by atoms with Gasteiger partial charge >= 0.3 is 5.97 Å². The molecule has 3 nitrogen and oxygen atoms in total. The smallest absolute Gasteiger partial charge is 0.328 e. The maximum Gasteiger partial charge on any atom is 0.328 e. The summed E-state index contributed by atoms with van der Waals surface area (Å²) in [5.74, 6) is -0.990. The predicted molar refractivity (Wildman–Crippen MR) is 92.2 cm³/mol. The zero-order valence-corrected chi connectivity index (χ0v) is 14.4. The first-order valence-corrected chi connectivity index (χ1v) is 8.15. The van der Waals surface area contributed by atoms with Crippen LogP contribution in [0, 0.1) is 0 Å². The van der Waals surface area contributed by atoms with Crippen LogP contribution in [-0.4, -0.2) is 18.1 Å². The number of hydrogen-bond acceptors (Lipinski definition) is 3. The summed E-state index contributed by atoms with van der Waals surface area (Å²) in [6.07, 6.45) is 2.57. The van der Waals surface area contributed by atoms with E-state index in [0.717, 1.165) is 22.1 Å². The number of anilines is 1. The van der Waals surface area contributed by atoms with Crippen LogP contribution in [0.4, 0.5) is 5.69 Å². The lowest BCUT2D eigenvalue weighted by Gasteiger charge is -2.19. The number of benzene rings is 1. The van der Waals surface area contributed by atoms with E-state index in [1.54, 1.807) is 11.3 Å². The molecule has 0 aliphatic heterocycles. The van der Waals surface area contributed by atoms with E-state index >= 15 is 0 Å². The molecule has 2 rings (SSSR count). The van der Waals surface area contributed by atoms with Gasteiger partial charge in [-0.3, -0.25) is 0 Å². The molecular weight excluding hydrogens is 374 g/mol. The van der Waals surface area contributed by atoms with Crippen LogP contribution in [0.2, 0.25) is 5.02 Å². The molecule has 0 bridgehead atoms. The molecule has 1 aromatic heterocycles. The van der Waals surface area contributed by atoms with E-state index in [0.29, 0.717) is 10.6 Å². The first kappa shape index (κ1) is 16.1. The second kappa shape index (κ2) is 7.11. The van der Waals surface area contributed by atoms with E-state index in [2.05, 4.69) is 32.3 Å². The highest BCUT2D eigenvalue weighted by Gasteiger charge is 2.06. The van der Waals surface area contributed by atoms with Crippen molar-refractivity contribution in [2.24, 2.45) is 0 Å². The van der Waals surface area contributed by atoms with E-state index in [1.165, 1.54) is 11.6 Å². The lowest BCUT2D eigenvalue weighted by atomic mass is 10.1. The Kier molecular flexibility index (Phi) is 5.45. The molecule has 0 amide bonds. The van der Waals surface area contributed by atoms with E-state index in [1.807, 2.05) is 25.2 Å². The Balaban J connectivity index is 2.13. The van der Waals surface area contributed by atoms with E-state index in [9.17, 15) is 4.79 Å². The van der Waals surface area contributed by atoms with Crippen LogP contribution in [0.25, 0.3) is 6.08 Å². The summed E-state index contributed by atoms with van der Waals surface area (Å²) in [6.45, 7) is 0.780. The predicted octanol–water partition coefficient (Wildman–Crippen LogP) is 4.90. The average Bonchev–Trinajstić information content (AvgIpc) is 2.82. The second-order valence-corrected chi connectivity index (χ2v) is 7.19.